The minimum Gasteiger partial charge on any atom is -0.326 e. The zero-order chi connectivity index (χ0) is 13.2. The van der Waals surface area contributed by atoms with E-state index in [9.17, 15) is 4.79 Å². The van der Waals surface area contributed by atoms with Gasteiger partial charge in [0.15, 0.2) is 5.69 Å². The van der Waals surface area contributed by atoms with Crippen molar-refractivity contribution in [3.63, 3.8) is 0 Å². The maximum absolute atomic E-state index is 11.0. The standard InChI is InChI=1S/C15H13N3O/c1-11(19)16-13-7-5-12(6-8-13)14-10-18-9-3-2-4-15(18)17-14/h2-10H,1H3,(H,16,19)/p+1. The zero-order valence-electron chi connectivity index (χ0n) is 10.6. The number of fused-ring (bicyclic) bond motifs is 1. The van der Waals surface area contributed by atoms with Gasteiger partial charge in [-0.25, -0.2) is 9.38 Å². The normalized spacial score (nSPS) is 10.6. The van der Waals surface area contributed by atoms with Crippen LogP contribution in [0, 0.1) is 0 Å². The van der Waals surface area contributed by atoms with Crippen molar-refractivity contribution >= 4 is 17.2 Å². The summed E-state index contributed by atoms with van der Waals surface area (Å²) in [5.41, 5.74) is 3.97. The molecule has 3 rings (SSSR count). The summed E-state index contributed by atoms with van der Waals surface area (Å²) in [6.07, 6.45) is 4.05. The Labute approximate surface area is 110 Å². The smallest absolute Gasteiger partial charge is 0.284 e. The minimum atomic E-state index is -0.0612. The minimum absolute atomic E-state index is 0.0612. The van der Waals surface area contributed by atoms with Crippen LogP contribution < -0.4 is 9.72 Å². The fourth-order valence-corrected chi connectivity index (χ4v) is 2.07. The molecule has 2 N–H and O–H groups in total. The second-order valence-corrected chi connectivity index (χ2v) is 4.42. The molecule has 0 saturated heterocycles. The first kappa shape index (κ1) is 11.5. The van der Waals surface area contributed by atoms with Gasteiger partial charge in [-0.15, -0.1) is 0 Å². The molecule has 4 heteroatoms. The molecule has 0 aliphatic carbocycles. The van der Waals surface area contributed by atoms with Gasteiger partial charge in [0.1, 0.15) is 6.20 Å². The summed E-state index contributed by atoms with van der Waals surface area (Å²) < 4.78 is 2.04. The van der Waals surface area contributed by atoms with Gasteiger partial charge in [0.05, 0.1) is 6.20 Å². The van der Waals surface area contributed by atoms with Crippen molar-refractivity contribution in [1.29, 1.82) is 0 Å². The molecule has 19 heavy (non-hydrogen) atoms. The molecule has 1 amide bonds. The van der Waals surface area contributed by atoms with E-state index in [1.165, 1.54) is 6.92 Å². The van der Waals surface area contributed by atoms with E-state index in [1.54, 1.807) is 0 Å². The number of carbonyl (C=O) groups is 1. The second kappa shape index (κ2) is 4.57. The Hall–Kier alpha value is -2.62. The molecule has 0 aliphatic rings. The maximum atomic E-state index is 11.0. The molecular weight excluding hydrogens is 238 g/mol. The summed E-state index contributed by atoms with van der Waals surface area (Å²) in [6, 6.07) is 13.8. The molecule has 0 fully saturated rings. The first-order chi connectivity index (χ1) is 9.22. The van der Waals surface area contributed by atoms with Crippen LogP contribution in [0.25, 0.3) is 16.9 Å². The van der Waals surface area contributed by atoms with Crippen molar-refractivity contribution in [2.24, 2.45) is 0 Å². The molecule has 0 atom stereocenters. The third kappa shape index (κ3) is 2.33. The number of rotatable bonds is 2. The van der Waals surface area contributed by atoms with Gasteiger partial charge < -0.3 is 5.32 Å². The van der Waals surface area contributed by atoms with Crippen molar-refractivity contribution in [3.8, 4) is 11.3 Å². The molecule has 3 aromatic rings. The molecule has 4 nitrogen and oxygen atoms in total. The largest absolute Gasteiger partial charge is 0.326 e. The number of aromatic amines is 1. The van der Waals surface area contributed by atoms with Crippen molar-refractivity contribution in [1.82, 2.24) is 4.98 Å². The van der Waals surface area contributed by atoms with E-state index >= 15 is 0 Å². The van der Waals surface area contributed by atoms with Crippen molar-refractivity contribution in [3.05, 3.63) is 54.9 Å². The van der Waals surface area contributed by atoms with E-state index < -0.39 is 0 Å². The Morgan fingerprint density at radius 2 is 1.95 bits per heavy atom. The van der Waals surface area contributed by atoms with Crippen molar-refractivity contribution in [2.75, 3.05) is 5.32 Å². The van der Waals surface area contributed by atoms with Gasteiger partial charge >= 0.3 is 0 Å². The Morgan fingerprint density at radius 1 is 1.16 bits per heavy atom. The predicted octanol–water partition coefficient (Wildman–Crippen LogP) is 2.38. The van der Waals surface area contributed by atoms with Crippen LogP contribution in [-0.2, 0) is 4.79 Å². The van der Waals surface area contributed by atoms with E-state index in [-0.39, 0.29) is 5.91 Å². The fourth-order valence-electron chi connectivity index (χ4n) is 2.07. The molecular formula is C15H14N3O+. The number of amides is 1. The first-order valence-electron chi connectivity index (χ1n) is 6.09. The lowest BCUT2D eigenvalue weighted by Crippen LogP contribution is -2.15. The number of hydrogen-bond donors (Lipinski definition) is 2. The van der Waals surface area contributed by atoms with Crippen LogP contribution in [0.1, 0.15) is 6.92 Å². The molecule has 94 valence electrons. The summed E-state index contributed by atoms with van der Waals surface area (Å²) in [5.74, 6) is -0.0612. The third-order valence-corrected chi connectivity index (χ3v) is 2.94. The lowest BCUT2D eigenvalue weighted by Gasteiger charge is -2.01. The van der Waals surface area contributed by atoms with E-state index in [0.29, 0.717) is 0 Å². The highest BCUT2D eigenvalue weighted by Crippen LogP contribution is 2.19. The third-order valence-electron chi connectivity index (χ3n) is 2.94. The summed E-state index contributed by atoms with van der Waals surface area (Å²) in [4.78, 5) is 14.3. The predicted molar refractivity (Wildman–Crippen MR) is 73.7 cm³/mol. The number of pyridine rings is 1. The molecule has 0 spiro atoms. The highest BCUT2D eigenvalue weighted by atomic mass is 16.1. The van der Waals surface area contributed by atoms with Gasteiger partial charge in [-0.2, -0.15) is 0 Å². The Bertz CT molecular complexity index is 695. The molecule has 0 aliphatic heterocycles. The number of imidazole rings is 1. The number of hydrogen-bond acceptors (Lipinski definition) is 1. The van der Waals surface area contributed by atoms with Crippen LogP contribution in [0.5, 0.6) is 0 Å². The Morgan fingerprint density at radius 3 is 2.63 bits per heavy atom. The highest BCUT2D eigenvalue weighted by molar-refractivity contribution is 5.88. The van der Waals surface area contributed by atoms with Crippen LogP contribution in [0.15, 0.2) is 54.9 Å². The summed E-state index contributed by atoms with van der Waals surface area (Å²) in [6.45, 7) is 1.50. The lowest BCUT2D eigenvalue weighted by atomic mass is 10.1. The van der Waals surface area contributed by atoms with Crippen molar-refractivity contribution in [2.45, 2.75) is 6.92 Å². The first-order valence-corrected chi connectivity index (χ1v) is 6.09. The van der Waals surface area contributed by atoms with Crippen molar-refractivity contribution < 1.29 is 9.20 Å². The number of benzene rings is 1. The van der Waals surface area contributed by atoms with E-state index in [0.717, 1.165) is 22.6 Å². The van der Waals surface area contributed by atoms with Gasteiger partial charge in [0.25, 0.3) is 5.65 Å². The SMILES string of the molecule is CC(=O)Nc1ccc(-c2c[n+]3ccccc3[nH]2)cc1. The van der Waals surface area contributed by atoms with Gasteiger partial charge in [0, 0.05) is 24.2 Å². The average Bonchev–Trinajstić information content (AvgIpc) is 2.82. The quantitative estimate of drug-likeness (QED) is 0.676. The molecule has 2 aromatic heterocycles. The van der Waals surface area contributed by atoms with E-state index in [1.807, 2.05) is 59.3 Å². The number of aromatic nitrogens is 2. The summed E-state index contributed by atoms with van der Waals surface area (Å²) >= 11 is 0. The molecule has 0 bridgehead atoms. The van der Waals surface area contributed by atoms with Gasteiger partial charge in [-0.05, 0) is 30.3 Å². The molecule has 2 heterocycles. The molecule has 0 radical (unpaired) electrons. The molecule has 1 aromatic carbocycles. The van der Waals surface area contributed by atoms with E-state index in [4.69, 9.17) is 0 Å². The summed E-state index contributed by atoms with van der Waals surface area (Å²) in [7, 11) is 0. The topological polar surface area (TPSA) is 49.0 Å². The van der Waals surface area contributed by atoms with Crippen LogP contribution in [0.4, 0.5) is 5.69 Å². The lowest BCUT2D eigenvalue weighted by molar-refractivity contribution is -0.509. The highest BCUT2D eigenvalue weighted by Gasteiger charge is 2.09. The average molecular weight is 252 g/mol. The van der Waals surface area contributed by atoms with Crippen LogP contribution in [0.3, 0.4) is 0 Å². The fraction of sp³-hybridized carbons (Fsp3) is 0.0667. The van der Waals surface area contributed by atoms with Crippen LogP contribution in [0.2, 0.25) is 0 Å². The Balaban J connectivity index is 1.95. The maximum Gasteiger partial charge on any atom is 0.284 e. The molecule has 0 saturated carbocycles. The van der Waals surface area contributed by atoms with Crippen LogP contribution >= 0.6 is 0 Å². The van der Waals surface area contributed by atoms with Gasteiger partial charge in [-0.1, -0.05) is 6.07 Å². The van der Waals surface area contributed by atoms with Crippen LogP contribution in [-0.4, -0.2) is 10.9 Å². The second-order valence-electron chi connectivity index (χ2n) is 4.42. The number of H-pyrrole nitrogens is 1. The number of nitrogens with zero attached hydrogens (tertiary/aromatic N) is 1. The zero-order valence-corrected chi connectivity index (χ0v) is 10.6. The molecule has 0 unspecified atom stereocenters. The van der Waals surface area contributed by atoms with E-state index in [2.05, 4.69) is 10.3 Å². The summed E-state index contributed by atoms with van der Waals surface area (Å²) in [5, 5.41) is 2.76. The Kier molecular flexibility index (Phi) is 2.76. The van der Waals surface area contributed by atoms with Gasteiger partial charge in [0.2, 0.25) is 5.91 Å². The number of anilines is 1. The number of carbonyl (C=O) groups excluding carboxylic acids is 1. The monoisotopic (exact) mass is 252 g/mol. The van der Waals surface area contributed by atoms with Gasteiger partial charge in [-0.3, -0.25) is 4.79 Å². The number of nitrogens with one attached hydrogen (secondary N) is 2.